The summed E-state index contributed by atoms with van der Waals surface area (Å²) in [5.41, 5.74) is 2.35. The lowest BCUT2D eigenvalue weighted by Gasteiger charge is -2.12. The molecule has 0 bridgehead atoms. The number of hydrogen-bond acceptors (Lipinski definition) is 5. The number of amides is 1. The first kappa shape index (κ1) is 15.4. The first-order valence-electron chi connectivity index (χ1n) is 7.05. The highest BCUT2D eigenvalue weighted by atomic mass is 32.2. The van der Waals surface area contributed by atoms with Crippen LogP contribution in [0.25, 0.3) is 16.9 Å². The van der Waals surface area contributed by atoms with Crippen LogP contribution in [0.5, 0.6) is 5.75 Å². The molecule has 0 aliphatic heterocycles. The van der Waals surface area contributed by atoms with Crippen LogP contribution in [-0.4, -0.2) is 40.4 Å². The van der Waals surface area contributed by atoms with E-state index < -0.39 is 0 Å². The molecule has 6 nitrogen and oxygen atoms in total. The van der Waals surface area contributed by atoms with E-state index in [1.807, 2.05) is 41.0 Å². The standard InChI is InChI=1S/C16H16N4O2S/c1-17-14(21)10-23-16-19-11-6-5-9-18-15(11)20(16)12-7-3-4-8-13(12)22-2/h3-9H,10H2,1-2H3,(H,17,21). The second-order valence-electron chi connectivity index (χ2n) is 4.71. The van der Waals surface area contributed by atoms with Crippen molar-refractivity contribution in [2.24, 2.45) is 0 Å². The van der Waals surface area contributed by atoms with Gasteiger partial charge >= 0.3 is 0 Å². The molecule has 0 atom stereocenters. The van der Waals surface area contributed by atoms with E-state index in [1.54, 1.807) is 20.4 Å². The van der Waals surface area contributed by atoms with Gasteiger partial charge in [-0.15, -0.1) is 0 Å². The van der Waals surface area contributed by atoms with E-state index in [4.69, 9.17) is 4.74 Å². The highest BCUT2D eigenvalue weighted by Crippen LogP contribution is 2.31. The maximum absolute atomic E-state index is 11.6. The van der Waals surface area contributed by atoms with Crippen molar-refractivity contribution >= 4 is 28.8 Å². The quantitative estimate of drug-likeness (QED) is 0.728. The predicted molar refractivity (Wildman–Crippen MR) is 90.2 cm³/mol. The van der Waals surface area contributed by atoms with Gasteiger partial charge in [-0.1, -0.05) is 23.9 Å². The molecule has 118 valence electrons. The van der Waals surface area contributed by atoms with Crippen LogP contribution in [0.1, 0.15) is 0 Å². The molecule has 0 radical (unpaired) electrons. The van der Waals surface area contributed by atoms with Crippen molar-refractivity contribution in [3.8, 4) is 11.4 Å². The Kier molecular flexibility index (Phi) is 4.47. The molecule has 1 aromatic carbocycles. The number of methoxy groups -OCH3 is 1. The van der Waals surface area contributed by atoms with Gasteiger partial charge in [0.2, 0.25) is 5.91 Å². The van der Waals surface area contributed by atoms with Crippen LogP contribution < -0.4 is 10.1 Å². The Bertz CT molecular complexity index is 847. The zero-order valence-corrected chi connectivity index (χ0v) is 13.6. The van der Waals surface area contributed by atoms with Crippen molar-refractivity contribution < 1.29 is 9.53 Å². The number of rotatable bonds is 5. The zero-order valence-electron chi connectivity index (χ0n) is 12.8. The summed E-state index contributed by atoms with van der Waals surface area (Å²) in [7, 11) is 3.25. The number of fused-ring (bicyclic) bond motifs is 1. The molecule has 0 unspecified atom stereocenters. The lowest BCUT2D eigenvalue weighted by atomic mass is 10.3. The minimum absolute atomic E-state index is 0.0541. The fraction of sp³-hybridized carbons (Fsp3) is 0.188. The number of aromatic nitrogens is 3. The summed E-state index contributed by atoms with van der Waals surface area (Å²) in [6, 6.07) is 11.4. The Morgan fingerprint density at radius 3 is 2.91 bits per heavy atom. The maximum Gasteiger partial charge on any atom is 0.230 e. The van der Waals surface area contributed by atoms with Crippen LogP contribution in [0.3, 0.4) is 0 Å². The summed E-state index contributed by atoms with van der Waals surface area (Å²) < 4.78 is 7.37. The van der Waals surface area contributed by atoms with E-state index >= 15 is 0 Å². The molecule has 2 heterocycles. The number of benzene rings is 1. The molecule has 7 heteroatoms. The molecule has 1 N–H and O–H groups in total. The Morgan fingerprint density at radius 1 is 1.30 bits per heavy atom. The molecule has 0 spiro atoms. The van der Waals surface area contributed by atoms with E-state index in [9.17, 15) is 4.79 Å². The third-order valence-corrected chi connectivity index (χ3v) is 4.26. The van der Waals surface area contributed by atoms with Gasteiger partial charge in [-0.3, -0.25) is 9.36 Å². The van der Waals surface area contributed by atoms with E-state index in [0.29, 0.717) is 5.16 Å². The van der Waals surface area contributed by atoms with Crippen LogP contribution in [0.2, 0.25) is 0 Å². The van der Waals surface area contributed by atoms with Crippen molar-refractivity contribution in [1.82, 2.24) is 19.9 Å². The van der Waals surface area contributed by atoms with E-state index in [0.717, 1.165) is 22.6 Å². The first-order chi connectivity index (χ1) is 11.2. The number of hydrogen-bond donors (Lipinski definition) is 1. The molecule has 3 aromatic rings. The molecule has 2 aromatic heterocycles. The highest BCUT2D eigenvalue weighted by molar-refractivity contribution is 7.99. The number of imidazole rings is 1. The number of ether oxygens (including phenoxy) is 1. The van der Waals surface area contributed by atoms with Gasteiger partial charge in [0, 0.05) is 13.2 Å². The topological polar surface area (TPSA) is 69.0 Å². The highest BCUT2D eigenvalue weighted by Gasteiger charge is 2.17. The average molecular weight is 328 g/mol. The number of thioether (sulfide) groups is 1. The van der Waals surface area contributed by atoms with Gasteiger partial charge in [0.1, 0.15) is 11.3 Å². The summed E-state index contributed by atoms with van der Waals surface area (Å²) in [4.78, 5) is 20.6. The van der Waals surface area contributed by atoms with Crippen molar-refractivity contribution in [2.75, 3.05) is 19.9 Å². The number of nitrogens with zero attached hydrogens (tertiary/aromatic N) is 3. The molecule has 0 fully saturated rings. The zero-order chi connectivity index (χ0) is 16.2. The molecule has 23 heavy (non-hydrogen) atoms. The Morgan fingerprint density at radius 2 is 2.13 bits per heavy atom. The summed E-state index contributed by atoms with van der Waals surface area (Å²) in [5.74, 6) is 0.954. The summed E-state index contributed by atoms with van der Waals surface area (Å²) in [6.45, 7) is 0. The fourth-order valence-electron chi connectivity index (χ4n) is 2.22. The van der Waals surface area contributed by atoms with E-state index in [2.05, 4.69) is 15.3 Å². The average Bonchev–Trinajstić information content (AvgIpc) is 2.97. The van der Waals surface area contributed by atoms with Crippen LogP contribution in [0, 0.1) is 0 Å². The van der Waals surface area contributed by atoms with Gasteiger partial charge in [0.05, 0.1) is 18.6 Å². The molecule has 3 rings (SSSR count). The van der Waals surface area contributed by atoms with Crippen molar-refractivity contribution in [2.45, 2.75) is 5.16 Å². The molecular formula is C16H16N4O2S. The van der Waals surface area contributed by atoms with Crippen molar-refractivity contribution in [3.63, 3.8) is 0 Å². The maximum atomic E-state index is 11.6. The van der Waals surface area contributed by atoms with Gasteiger partial charge < -0.3 is 10.1 Å². The number of para-hydroxylation sites is 2. The number of carbonyl (C=O) groups is 1. The molecule has 0 saturated carbocycles. The normalized spacial score (nSPS) is 10.7. The van der Waals surface area contributed by atoms with Gasteiger partial charge in [0.25, 0.3) is 0 Å². The Hall–Kier alpha value is -2.54. The van der Waals surface area contributed by atoms with Gasteiger partial charge in [-0.25, -0.2) is 9.97 Å². The third-order valence-electron chi connectivity index (χ3n) is 3.32. The monoisotopic (exact) mass is 328 g/mol. The minimum Gasteiger partial charge on any atom is -0.495 e. The molecular weight excluding hydrogens is 312 g/mol. The summed E-state index contributed by atoms with van der Waals surface area (Å²) in [5, 5.41) is 3.31. The van der Waals surface area contributed by atoms with E-state index in [1.165, 1.54) is 11.8 Å². The van der Waals surface area contributed by atoms with Crippen LogP contribution in [-0.2, 0) is 4.79 Å². The minimum atomic E-state index is -0.0541. The van der Waals surface area contributed by atoms with Gasteiger partial charge in [0.15, 0.2) is 10.8 Å². The van der Waals surface area contributed by atoms with Gasteiger partial charge in [-0.05, 0) is 24.3 Å². The SMILES string of the molecule is CNC(=O)CSc1nc2cccnc2n1-c1ccccc1OC. The lowest BCUT2D eigenvalue weighted by Crippen LogP contribution is -2.20. The second-order valence-corrected chi connectivity index (χ2v) is 5.65. The second kappa shape index (κ2) is 6.70. The number of nitrogens with one attached hydrogen (secondary N) is 1. The Labute approximate surface area is 137 Å². The predicted octanol–water partition coefficient (Wildman–Crippen LogP) is 2.27. The first-order valence-corrected chi connectivity index (χ1v) is 8.03. The number of pyridine rings is 1. The fourth-order valence-corrected chi connectivity index (χ4v) is 3.10. The van der Waals surface area contributed by atoms with Crippen LogP contribution in [0.15, 0.2) is 47.8 Å². The number of carbonyl (C=O) groups excluding carboxylic acids is 1. The van der Waals surface area contributed by atoms with Crippen molar-refractivity contribution in [1.29, 1.82) is 0 Å². The molecule has 0 saturated heterocycles. The molecule has 0 aliphatic rings. The summed E-state index contributed by atoms with van der Waals surface area (Å²) >= 11 is 1.36. The summed E-state index contributed by atoms with van der Waals surface area (Å²) in [6.07, 6.45) is 1.73. The smallest absolute Gasteiger partial charge is 0.230 e. The van der Waals surface area contributed by atoms with E-state index in [-0.39, 0.29) is 11.7 Å². The van der Waals surface area contributed by atoms with Gasteiger partial charge in [-0.2, -0.15) is 0 Å². The lowest BCUT2D eigenvalue weighted by molar-refractivity contribution is -0.118. The largest absolute Gasteiger partial charge is 0.495 e. The Balaban J connectivity index is 2.14. The third kappa shape index (κ3) is 3.00. The van der Waals surface area contributed by atoms with Crippen LogP contribution >= 0.6 is 11.8 Å². The molecule has 0 aliphatic carbocycles. The molecule has 1 amide bonds. The van der Waals surface area contributed by atoms with Crippen molar-refractivity contribution in [3.05, 3.63) is 42.6 Å². The van der Waals surface area contributed by atoms with Crippen LogP contribution in [0.4, 0.5) is 0 Å².